The predicted octanol–water partition coefficient (Wildman–Crippen LogP) is -0.398. The normalized spacial score (nSPS) is 19.0. The SMILES string of the molecule is C=CCOC(C)Cn1c(=O)n(CC(C)OC)c(=O)n(CC(C)OCC2CO2)c1=O. The van der Waals surface area contributed by atoms with Gasteiger partial charge in [-0.15, -0.1) is 6.58 Å². The molecule has 0 aliphatic carbocycles. The number of nitrogens with zero attached hydrogens (tertiary/aromatic N) is 3. The minimum Gasteiger partial charge on any atom is -0.380 e. The van der Waals surface area contributed by atoms with Crippen LogP contribution in [-0.2, 0) is 38.6 Å². The van der Waals surface area contributed by atoms with Crippen LogP contribution < -0.4 is 17.1 Å². The minimum atomic E-state index is -0.687. The molecule has 2 rings (SSSR count). The van der Waals surface area contributed by atoms with E-state index < -0.39 is 29.3 Å². The van der Waals surface area contributed by atoms with Crippen molar-refractivity contribution in [3.05, 3.63) is 44.1 Å². The van der Waals surface area contributed by atoms with Gasteiger partial charge < -0.3 is 18.9 Å². The van der Waals surface area contributed by atoms with Gasteiger partial charge in [0.15, 0.2) is 0 Å². The number of epoxide rings is 1. The first-order valence-corrected chi connectivity index (χ1v) is 9.71. The molecule has 1 aliphatic rings. The van der Waals surface area contributed by atoms with Crippen LogP contribution in [0.15, 0.2) is 27.0 Å². The van der Waals surface area contributed by atoms with Crippen LogP contribution in [0.3, 0.4) is 0 Å². The van der Waals surface area contributed by atoms with E-state index in [2.05, 4.69) is 6.58 Å². The van der Waals surface area contributed by atoms with Crippen molar-refractivity contribution in [2.45, 2.75) is 64.8 Å². The van der Waals surface area contributed by atoms with Crippen molar-refractivity contribution in [2.75, 3.05) is 26.9 Å². The van der Waals surface area contributed by atoms with Gasteiger partial charge in [-0.25, -0.2) is 28.1 Å². The van der Waals surface area contributed by atoms with E-state index in [1.165, 1.54) is 7.11 Å². The molecule has 1 aromatic rings. The summed E-state index contributed by atoms with van der Waals surface area (Å²) in [6.45, 7) is 10.2. The van der Waals surface area contributed by atoms with E-state index in [0.717, 1.165) is 13.7 Å². The highest BCUT2D eigenvalue weighted by molar-refractivity contribution is 4.82. The summed E-state index contributed by atoms with van der Waals surface area (Å²) >= 11 is 0. The number of hydrogen-bond acceptors (Lipinski definition) is 7. The Morgan fingerprint density at radius 3 is 1.83 bits per heavy atom. The highest BCUT2D eigenvalue weighted by atomic mass is 16.6. The molecular weight excluding hydrogens is 382 g/mol. The standard InChI is InChI=1S/C19H31N3O7/c1-6-7-27-14(3)9-21-17(23)20(8-13(2)26-5)18(24)22(19(21)25)10-15(4)28-11-16-12-29-16/h6,13-16H,1,7-12H2,2-5H3. The maximum absolute atomic E-state index is 12.9. The van der Waals surface area contributed by atoms with Gasteiger partial charge in [0.25, 0.3) is 0 Å². The van der Waals surface area contributed by atoms with Crippen LogP contribution >= 0.6 is 0 Å². The van der Waals surface area contributed by atoms with Crippen LogP contribution in [-0.4, -0.2) is 65.0 Å². The van der Waals surface area contributed by atoms with Crippen molar-refractivity contribution in [1.82, 2.24) is 13.7 Å². The summed E-state index contributed by atoms with van der Waals surface area (Å²) in [5.41, 5.74) is -2.06. The molecule has 1 fully saturated rings. The second-order valence-corrected chi connectivity index (χ2v) is 7.26. The van der Waals surface area contributed by atoms with E-state index in [9.17, 15) is 14.4 Å². The van der Waals surface area contributed by atoms with Crippen LogP contribution in [0.1, 0.15) is 20.8 Å². The third kappa shape index (κ3) is 6.49. The lowest BCUT2D eigenvalue weighted by molar-refractivity contribution is 0.0398. The van der Waals surface area contributed by atoms with Crippen LogP contribution in [0.25, 0.3) is 0 Å². The molecule has 0 amide bonds. The Hall–Kier alpha value is -2.01. The van der Waals surface area contributed by atoms with Gasteiger partial charge in [0, 0.05) is 7.11 Å². The van der Waals surface area contributed by atoms with Gasteiger partial charge in [-0.1, -0.05) is 6.08 Å². The molecule has 4 atom stereocenters. The first-order valence-electron chi connectivity index (χ1n) is 9.71. The Balaban J connectivity index is 2.38. The second-order valence-electron chi connectivity index (χ2n) is 7.26. The fourth-order valence-corrected chi connectivity index (χ4v) is 2.77. The number of rotatable bonds is 13. The van der Waals surface area contributed by atoms with Crippen molar-refractivity contribution >= 4 is 0 Å². The molecule has 0 saturated carbocycles. The van der Waals surface area contributed by atoms with E-state index >= 15 is 0 Å². The Kier molecular flexibility index (Phi) is 8.57. The van der Waals surface area contributed by atoms with Gasteiger partial charge in [-0.05, 0) is 20.8 Å². The largest absolute Gasteiger partial charge is 0.380 e. The molecule has 164 valence electrons. The summed E-state index contributed by atoms with van der Waals surface area (Å²) in [6.07, 6.45) is 0.457. The van der Waals surface area contributed by atoms with E-state index in [-0.39, 0.29) is 31.8 Å². The number of aromatic nitrogens is 3. The highest BCUT2D eigenvalue weighted by Gasteiger charge is 2.24. The Morgan fingerprint density at radius 2 is 1.41 bits per heavy atom. The first kappa shape index (κ1) is 23.3. The summed E-state index contributed by atoms with van der Waals surface area (Å²) in [5.74, 6) is 0. The molecule has 0 spiro atoms. The quantitative estimate of drug-likeness (QED) is 0.320. The molecule has 10 heteroatoms. The zero-order valence-electron chi connectivity index (χ0n) is 17.5. The summed E-state index contributed by atoms with van der Waals surface area (Å²) in [4.78, 5) is 38.7. The molecule has 1 aliphatic heterocycles. The van der Waals surface area contributed by atoms with Gasteiger partial charge in [-0.3, -0.25) is 0 Å². The third-order valence-corrected chi connectivity index (χ3v) is 4.57. The maximum Gasteiger partial charge on any atom is 0.336 e. The van der Waals surface area contributed by atoms with E-state index in [1.807, 2.05) is 0 Å². The topological polar surface area (TPSA) is 106 Å². The fourth-order valence-electron chi connectivity index (χ4n) is 2.77. The molecule has 0 N–H and O–H groups in total. The minimum absolute atomic E-state index is 0.0122. The molecule has 10 nitrogen and oxygen atoms in total. The van der Waals surface area contributed by atoms with Crippen molar-refractivity contribution in [2.24, 2.45) is 0 Å². The Morgan fingerprint density at radius 1 is 0.966 bits per heavy atom. The summed E-state index contributed by atoms with van der Waals surface area (Å²) in [6, 6.07) is 0. The number of ether oxygens (including phenoxy) is 4. The van der Waals surface area contributed by atoms with Crippen LogP contribution in [0, 0.1) is 0 Å². The average Bonchev–Trinajstić information content (AvgIpc) is 3.53. The molecular formula is C19H31N3O7. The maximum atomic E-state index is 12.9. The zero-order valence-corrected chi connectivity index (χ0v) is 17.5. The third-order valence-electron chi connectivity index (χ3n) is 4.57. The monoisotopic (exact) mass is 413 g/mol. The summed E-state index contributed by atoms with van der Waals surface area (Å²) < 4.78 is 24.5. The number of methoxy groups -OCH3 is 1. The molecule has 0 radical (unpaired) electrons. The van der Waals surface area contributed by atoms with E-state index in [4.69, 9.17) is 18.9 Å². The van der Waals surface area contributed by atoms with Gasteiger partial charge in [0.1, 0.15) is 6.10 Å². The number of hydrogen-bond donors (Lipinski definition) is 0. The molecule has 0 bridgehead atoms. The van der Waals surface area contributed by atoms with Crippen molar-refractivity contribution < 1.29 is 18.9 Å². The smallest absolute Gasteiger partial charge is 0.336 e. The van der Waals surface area contributed by atoms with Crippen LogP contribution in [0.2, 0.25) is 0 Å². The first-order chi connectivity index (χ1) is 13.8. The van der Waals surface area contributed by atoms with Crippen molar-refractivity contribution in [1.29, 1.82) is 0 Å². The lowest BCUT2D eigenvalue weighted by atomic mass is 10.3. The van der Waals surface area contributed by atoms with Crippen molar-refractivity contribution in [3.63, 3.8) is 0 Å². The Bertz CT molecular complexity index is 853. The summed E-state index contributed by atoms with van der Waals surface area (Å²) in [5, 5.41) is 0. The summed E-state index contributed by atoms with van der Waals surface area (Å²) in [7, 11) is 1.49. The zero-order chi connectivity index (χ0) is 21.6. The highest BCUT2D eigenvalue weighted by Crippen LogP contribution is 2.10. The molecule has 0 aromatic carbocycles. The van der Waals surface area contributed by atoms with E-state index in [0.29, 0.717) is 19.8 Å². The lowest BCUT2D eigenvalue weighted by Gasteiger charge is -2.20. The predicted molar refractivity (Wildman–Crippen MR) is 106 cm³/mol. The fraction of sp³-hybridized carbons (Fsp3) is 0.737. The van der Waals surface area contributed by atoms with Gasteiger partial charge >= 0.3 is 17.1 Å². The van der Waals surface area contributed by atoms with Crippen LogP contribution in [0.4, 0.5) is 0 Å². The van der Waals surface area contributed by atoms with Crippen LogP contribution in [0.5, 0.6) is 0 Å². The molecule has 2 heterocycles. The van der Waals surface area contributed by atoms with Gasteiger partial charge in [-0.2, -0.15) is 0 Å². The van der Waals surface area contributed by atoms with E-state index in [1.54, 1.807) is 26.8 Å². The lowest BCUT2D eigenvalue weighted by Crippen LogP contribution is -2.57. The second kappa shape index (κ2) is 10.7. The molecule has 1 saturated heterocycles. The van der Waals surface area contributed by atoms with Crippen molar-refractivity contribution in [3.8, 4) is 0 Å². The average molecular weight is 413 g/mol. The molecule has 4 unspecified atom stereocenters. The molecule has 29 heavy (non-hydrogen) atoms. The Labute approximate surface area is 169 Å². The molecule has 1 aromatic heterocycles. The van der Waals surface area contributed by atoms with Gasteiger partial charge in [0.2, 0.25) is 0 Å². The van der Waals surface area contributed by atoms with Gasteiger partial charge in [0.05, 0.1) is 57.8 Å².